The Labute approximate surface area is 114 Å². The van der Waals surface area contributed by atoms with Crippen LogP contribution in [0, 0.1) is 0 Å². The van der Waals surface area contributed by atoms with Gasteiger partial charge in [0.15, 0.2) is 6.61 Å². The van der Waals surface area contributed by atoms with Gasteiger partial charge in [-0.05, 0) is 44.9 Å². The number of Topliss-reactive ketones (excluding diaryl/α,β-unsaturated/α-hetero) is 1. The number of carbonyl (C=O) groups excluding carboxylic acids is 2. The van der Waals surface area contributed by atoms with Crippen LogP contribution in [0.4, 0.5) is 0 Å². The third-order valence-electron chi connectivity index (χ3n) is 2.51. The number of benzene rings is 1. The van der Waals surface area contributed by atoms with Crippen molar-refractivity contribution in [2.45, 2.75) is 39.7 Å². The van der Waals surface area contributed by atoms with Crippen molar-refractivity contribution in [3.63, 3.8) is 0 Å². The van der Waals surface area contributed by atoms with E-state index in [-0.39, 0.29) is 24.3 Å². The first kappa shape index (κ1) is 15.2. The molecule has 19 heavy (non-hydrogen) atoms. The first-order valence-corrected chi connectivity index (χ1v) is 6.48. The van der Waals surface area contributed by atoms with Gasteiger partial charge in [0.25, 0.3) is 5.91 Å². The van der Waals surface area contributed by atoms with Crippen LogP contribution in [0.3, 0.4) is 0 Å². The molecule has 1 N–H and O–H groups in total. The molecular weight excluding hydrogens is 242 g/mol. The first-order chi connectivity index (χ1) is 8.97. The van der Waals surface area contributed by atoms with Gasteiger partial charge in [-0.15, -0.1) is 0 Å². The van der Waals surface area contributed by atoms with Gasteiger partial charge >= 0.3 is 0 Å². The molecule has 1 aromatic carbocycles. The van der Waals surface area contributed by atoms with Gasteiger partial charge in [-0.2, -0.15) is 0 Å². The number of hydrogen-bond acceptors (Lipinski definition) is 3. The zero-order chi connectivity index (χ0) is 14.3. The summed E-state index contributed by atoms with van der Waals surface area (Å²) < 4.78 is 5.37. The molecule has 0 unspecified atom stereocenters. The molecule has 4 heteroatoms. The van der Waals surface area contributed by atoms with Gasteiger partial charge in [0.1, 0.15) is 11.5 Å². The van der Waals surface area contributed by atoms with Gasteiger partial charge in [-0.1, -0.05) is 12.1 Å². The van der Waals surface area contributed by atoms with Gasteiger partial charge in [0.2, 0.25) is 0 Å². The van der Waals surface area contributed by atoms with E-state index in [1.807, 2.05) is 38.1 Å². The maximum absolute atomic E-state index is 11.4. The zero-order valence-electron chi connectivity index (χ0n) is 11.7. The highest BCUT2D eigenvalue weighted by molar-refractivity contribution is 5.77. The Balaban J connectivity index is 2.39. The fourth-order valence-corrected chi connectivity index (χ4v) is 1.59. The van der Waals surface area contributed by atoms with Crippen molar-refractivity contribution in [3.05, 3.63) is 29.8 Å². The summed E-state index contributed by atoms with van der Waals surface area (Å²) >= 11 is 0. The number of rotatable bonds is 7. The fraction of sp³-hybridized carbons (Fsp3) is 0.467. The van der Waals surface area contributed by atoms with Crippen molar-refractivity contribution < 1.29 is 14.3 Å². The van der Waals surface area contributed by atoms with Crippen LogP contribution in [-0.4, -0.2) is 24.3 Å². The third kappa shape index (κ3) is 6.60. The predicted molar refractivity (Wildman–Crippen MR) is 74.2 cm³/mol. The van der Waals surface area contributed by atoms with E-state index < -0.39 is 0 Å². The minimum Gasteiger partial charge on any atom is -0.484 e. The van der Waals surface area contributed by atoms with Crippen LogP contribution in [0.1, 0.15) is 32.8 Å². The lowest BCUT2D eigenvalue weighted by atomic mass is 10.1. The van der Waals surface area contributed by atoms with Crippen LogP contribution >= 0.6 is 0 Å². The zero-order valence-corrected chi connectivity index (χ0v) is 11.7. The maximum Gasteiger partial charge on any atom is 0.258 e. The van der Waals surface area contributed by atoms with E-state index >= 15 is 0 Å². The predicted octanol–water partition coefficient (Wildman–Crippen LogP) is 2.11. The Kier molecular flexibility index (Phi) is 6.06. The number of aryl methyl sites for hydroxylation is 1. The Morgan fingerprint density at radius 3 is 2.37 bits per heavy atom. The lowest BCUT2D eigenvalue weighted by molar-refractivity contribution is -0.123. The highest BCUT2D eigenvalue weighted by Gasteiger charge is 2.04. The molecule has 0 aliphatic heterocycles. The van der Waals surface area contributed by atoms with Crippen molar-refractivity contribution in [2.75, 3.05) is 6.61 Å². The number of hydrogen-bond donors (Lipinski definition) is 1. The molecule has 0 fully saturated rings. The molecule has 0 saturated carbocycles. The van der Waals surface area contributed by atoms with Gasteiger partial charge in [-0.3, -0.25) is 4.79 Å². The molecule has 0 aliphatic rings. The Morgan fingerprint density at radius 2 is 1.84 bits per heavy atom. The van der Waals surface area contributed by atoms with Crippen LogP contribution < -0.4 is 10.1 Å². The second kappa shape index (κ2) is 7.56. The minimum atomic E-state index is -0.129. The van der Waals surface area contributed by atoms with E-state index in [1.165, 1.54) is 0 Å². The molecule has 1 amide bonds. The lowest BCUT2D eigenvalue weighted by Gasteiger charge is -2.10. The summed E-state index contributed by atoms with van der Waals surface area (Å²) in [7, 11) is 0. The molecule has 0 aromatic heterocycles. The van der Waals surface area contributed by atoms with Gasteiger partial charge in [0.05, 0.1) is 0 Å². The standard InChI is InChI=1S/C15H21NO3/c1-11(2)16-15(18)10-19-14-8-6-13(7-9-14)5-4-12(3)17/h6-9,11H,4-5,10H2,1-3H3,(H,16,18). The van der Waals surface area contributed by atoms with E-state index in [4.69, 9.17) is 4.74 Å². The Morgan fingerprint density at radius 1 is 1.21 bits per heavy atom. The molecule has 104 valence electrons. The maximum atomic E-state index is 11.4. The Bertz CT molecular complexity index is 424. The van der Waals surface area contributed by atoms with E-state index in [2.05, 4.69) is 5.32 Å². The summed E-state index contributed by atoms with van der Waals surface area (Å²) in [4.78, 5) is 22.3. The molecule has 1 aromatic rings. The van der Waals surface area contributed by atoms with Gasteiger partial charge in [0, 0.05) is 12.5 Å². The lowest BCUT2D eigenvalue weighted by Crippen LogP contribution is -2.34. The molecule has 0 spiro atoms. The average molecular weight is 263 g/mol. The number of ketones is 1. The summed E-state index contributed by atoms with van der Waals surface area (Å²) in [5, 5.41) is 2.76. The van der Waals surface area contributed by atoms with Crippen molar-refractivity contribution in [1.29, 1.82) is 0 Å². The molecule has 0 saturated heterocycles. The first-order valence-electron chi connectivity index (χ1n) is 6.48. The molecule has 0 radical (unpaired) electrons. The van der Waals surface area contributed by atoms with Crippen molar-refractivity contribution in [2.24, 2.45) is 0 Å². The number of carbonyl (C=O) groups is 2. The summed E-state index contributed by atoms with van der Waals surface area (Å²) in [6.07, 6.45) is 1.29. The second-order valence-electron chi connectivity index (χ2n) is 4.86. The molecule has 0 heterocycles. The highest BCUT2D eigenvalue weighted by Crippen LogP contribution is 2.13. The monoisotopic (exact) mass is 263 g/mol. The van der Waals surface area contributed by atoms with Crippen molar-refractivity contribution in [3.8, 4) is 5.75 Å². The number of amides is 1. The largest absolute Gasteiger partial charge is 0.484 e. The van der Waals surface area contributed by atoms with Crippen LogP contribution in [0.25, 0.3) is 0 Å². The fourth-order valence-electron chi connectivity index (χ4n) is 1.59. The summed E-state index contributed by atoms with van der Waals surface area (Å²) in [6, 6.07) is 7.58. The normalized spacial score (nSPS) is 10.3. The topological polar surface area (TPSA) is 55.4 Å². The average Bonchev–Trinajstić information content (AvgIpc) is 2.34. The van der Waals surface area contributed by atoms with Crippen LogP contribution in [0.5, 0.6) is 5.75 Å². The van der Waals surface area contributed by atoms with Crippen LogP contribution in [0.15, 0.2) is 24.3 Å². The van der Waals surface area contributed by atoms with Crippen LogP contribution in [-0.2, 0) is 16.0 Å². The van der Waals surface area contributed by atoms with E-state index in [1.54, 1.807) is 6.92 Å². The summed E-state index contributed by atoms with van der Waals surface area (Å²) in [5.41, 5.74) is 1.09. The van der Waals surface area contributed by atoms with E-state index in [9.17, 15) is 9.59 Å². The molecule has 0 bridgehead atoms. The number of ether oxygens (including phenoxy) is 1. The molecule has 0 atom stereocenters. The second-order valence-corrected chi connectivity index (χ2v) is 4.86. The highest BCUT2D eigenvalue weighted by atomic mass is 16.5. The molecule has 0 aliphatic carbocycles. The molecular formula is C15H21NO3. The van der Waals surface area contributed by atoms with Crippen molar-refractivity contribution in [1.82, 2.24) is 5.32 Å². The minimum absolute atomic E-state index is 0.0188. The van der Waals surface area contributed by atoms with Gasteiger partial charge in [-0.25, -0.2) is 0 Å². The summed E-state index contributed by atoms with van der Waals surface area (Å²) in [5.74, 6) is 0.715. The molecule has 1 rings (SSSR count). The van der Waals surface area contributed by atoms with E-state index in [0.29, 0.717) is 12.2 Å². The van der Waals surface area contributed by atoms with Crippen molar-refractivity contribution >= 4 is 11.7 Å². The SMILES string of the molecule is CC(=O)CCc1ccc(OCC(=O)NC(C)C)cc1. The quantitative estimate of drug-likeness (QED) is 0.819. The van der Waals surface area contributed by atoms with E-state index in [0.717, 1.165) is 12.0 Å². The molecule has 4 nitrogen and oxygen atoms in total. The third-order valence-corrected chi connectivity index (χ3v) is 2.51. The van der Waals surface area contributed by atoms with Crippen LogP contribution in [0.2, 0.25) is 0 Å². The number of nitrogens with one attached hydrogen (secondary N) is 1. The Hall–Kier alpha value is -1.84. The van der Waals surface area contributed by atoms with Gasteiger partial charge < -0.3 is 14.8 Å². The summed E-state index contributed by atoms with van der Waals surface area (Å²) in [6.45, 7) is 5.42. The smallest absolute Gasteiger partial charge is 0.258 e.